The highest BCUT2D eigenvalue weighted by atomic mass is 16.6. The van der Waals surface area contributed by atoms with Crippen LogP contribution in [-0.4, -0.2) is 29.7 Å². The Kier molecular flexibility index (Phi) is 3.87. The number of nitrogens with one attached hydrogen (secondary N) is 1. The van der Waals surface area contributed by atoms with Crippen molar-refractivity contribution in [2.24, 2.45) is 5.92 Å². The van der Waals surface area contributed by atoms with Crippen molar-refractivity contribution in [2.45, 2.75) is 12.8 Å². The summed E-state index contributed by atoms with van der Waals surface area (Å²) < 4.78 is 5.26. The summed E-state index contributed by atoms with van der Waals surface area (Å²) >= 11 is 0. The number of ether oxygens (including phenoxy) is 1. The molecule has 1 aromatic rings. The van der Waals surface area contributed by atoms with E-state index in [0.29, 0.717) is 18.3 Å². The molecular formula is C11H15N3O3. The van der Waals surface area contributed by atoms with Gasteiger partial charge in [-0.05, 0) is 24.8 Å². The van der Waals surface area contributed by atoms with E-state index in [4.69, 9.17) is 4.74 Å². The summed E-state index contributed by atoms with van der Waals surface area (Å²) in [6.45, 7) is 2.26. The van der Waals surface area contributed by atoms with Crippen molar-refractivity contribution < 1.29 is 9.66 Å². The van der Waals surface area contributed by atoms with Crippen LogP contribution in [-0.2, 0) is 4.74 Å². The predicted octanol–water partition coefficient (Wildman–Crippen LogP) is 1.83. The van der Waals surface area contributed by atoms with Gasteiger partial charge in [0.05, 0.1) is 4.92 Å². The Balaban J connectivity index is 1.96. The lowest BCUT2D eigenvalue weighted by atomic mass is 10.0. The van der Waals surface area contributed by atoms with Gasteiger partial charge in [0.25, 0.3) is 0 Å². The lowest BCUT2D eigenvalue weighted by Gasteiger charge is -2.22. The van der Waals surface area contributed by atoms with Crippen molar-refractivity contribution in [3.05, 3.63) is 28.4 Å². The first kappa shape index (κ1) is 11.8. The van der Waals surface area contributed by atoms with Gasteiger partial charge in [-0.3, -0.25) is 10.1 Å². The molecule has 0 saturated carbocycles. The first-order chi connectivity index (χ1) is 8.27. The van der Waals surface area contributed by atoms with E-state index in [0.717, 1.165) is 26.1 Å². The smallest absolute Gasteiger partial charge is 0.311 e. The minimum Gasteiger partial charge on any atom is -0.381 e. The molecule has 0 radical (unpaired) electrons. The van der Waals surface area contributed by atoms with Gasteiger partial charge in [0.15, 0.2) is 0 Å². The van der Waals surface area contributed by atoms with Gasteiger partial charge in [-0.25, -0.2) is 4.98 Å². The fourth-order valence-corrected chi connectivity index (χ4v) is 1.87. The second-order valence-corrected chi connectivity index (χ2v) is 4.06. The Labute approximate surface area is 99.2 Å². The summed E-state index contributed by atoms with van der Waals surface area (Å²) in [4.78, 5) is 14.4. The lowest BCUT2D eigenvalue weighted by Crippen LogP contribution is -2.23. The van der Waals surface area contributed by atoms with E-state index in [2.05, 4.69) is 10.3 Å². The molecule has 2 heterocycles. The molecule has 1 N–H and O–H groups in total. The normalized spacial score (nSPS) is 16.7. The summed E-state index contributed by atoms with van der Waals surface area (Å²) in [5.41, 5.74) is 0.0274. The molecule has 1 aliphatic heterocycles. The van der Waals surface area contributed by atoms with Gasteiger partial charge >= 0.3 is 5.69 Å². The molecule has 6 nitrogen and oxygen atoms in total. The molecule has 0 atom stereocenters. The van der Waals surface area contributed by atoms with Gasteiger partial charge in [0.1, 0.15) is 0 Å². The molecule has 1 fully saturated rings. The topological polar surface area (TPSA) is 77.3 Å². The van der Waals surface area contributed by atoms with Gasteiger partial charge in [-0.15, -0.1) is 0 Å². The Morgan fingerprint density at radius 2 is 2.29 bits per heavy atom. The third kappa shape index (κ3) is 3.13. The molecule has 0 aromatic carbocycles. The number of nitro groups is 1. The third-order valence-corrected chi connectivity index (χ3v) is 2.88. The van der Waals surface area contributed by atoms with Crippen LogP contribution in [0, 0.1) is 16.0 Å². The van der Waals surface area contributed by atoms with Gasteiger partial charge in [0.2, 0.25) is 5.82 Å². The second kappa shape index (κ2) is 5.58. The van der Waals surface area contributed by atoms with Gasteiger partial charge < -0.3 is 10.1 Å². The Hall–Kier alpha value is -1.69. The van der Waals surface area contributed by atoms with E-state index < -0.39 is 4.92 Å². The zero-order chi connectivity index (χ0) is 12.1. The average Bonchev–Trinajstić information content (AvgIpc) is 2.38. The standard InChI is InChI=1S/C11H15N3O3/c15-14(16)10-2-1-5-12-11(10)13-8-9-3-6-17-7-4-9/h1-2,5,9H,3-4,6-8H2,(H,12,13). The minimum atomic E-state index is -0.417. The van der Waals surface area contributed by atoms with E-state index in [9.17, 15) is 10.1 Å². The summed E-state index contributed by atoms with van der Waals surface area (Å²) in [7, 11) is 0. The summed E-state index contributed by atoms with van der Waals surface area (Å²) in [6.07, 6.45) is 3.54. The Morgan fingerprint density at radius 1 is 1.53 bits per heavy atom. The third-order valence-electron chi connectivity index (χ3n) is 2.88. The fourth-order valence-electron chi connectivity index (χ4n) is 1.87. The van der Waals surface area contributed by atoms with Crippen LogP contribution in [0.2, 0.25) is 0 Å². The van der Waals surface area contributed by atoms with Crippen molar-refractivity contribution in [3.63, 3.8) is 0 Å². The van der Waals surface area contributed by atoms with Crippen molar-refractivity contribution >= 4 is 11.5 Å². The molecule has 2 rings (SSSR count). The fraction of sp³-hybridized carbons (Fsp3) is 0.545. The van der Waals surface area contributed by atoms with Crippen LogP contribution in [0.1, 0.15) is 12.8 Å². The maximum atomic E-state index is 10.8. The first-order valence-corrected chi connectivity index (χ1v) is 5.68. The SMILES string of the molecule is O=[N+]([O-])c1cccnc1NCC1CCOCC1. The minimum absolute atomic E-state index is 0.0274. The van der Waals surface area contributed by atoms with E-state index in [-0.39, 0.29) is 5.69 Å². The van der Waals surface area contributed by atoms with Crippen LogP contribution >= 0.6 is 0 Å². The summed E-state index contributed by atoms with van der Waals surface area (Å²) in [6, 6.07) is 3.02. The van der Waals surface area contributed by atoms with Crippen molar-refractivity contribution in [1.29, 1.82) is 0 Å². The van der Waals surface area contributed by atoms with E-state index in [1.165, 1.54) is 6.07 Å². The number of pyridine rings is 1. The zero-order valence-electron chi connectivity index (χ0n) is 9.46. The Bertz CT molecular complexity index is 391. The summed E-state index contributed by atoms with van der Waals surface area (Å²) in [5, 5.41) is 13.8. The molecule has 17 heavy (non-hydrogen) atoms. The number of hydrogen-bond donors (Lipinski definition) is 1. The zero-order valence-corrected chi connectivity index (χ0v) is 9.46. The highest BCUT2D eigenvalue weighted by molar-refractivity contribution is 5.54. The number of hydrogen-bond acceptors (Lipinski definition) is 5. The first-order valence-electron chi connectivity index (χ1n) is 5.68. The molecule has 1 aromatic heterocycles. The number of aromatic nitrogens is 1. The maximum absolute atomic E-state index is 10.8. The molecular weight excluding hydrogens is 222 g/mol. The highest BCUT2D eigenvalue weighted by Gasteiger charge is 2.17. The van der Waals surface area contributed by atoms with E-state index in [1.807, 2.05) is 0 Å². The summed E-state index contributed by atoms with van der Waals surface area (Å²) in [5.74, 6) is 0.856. The lowest BCUT2D eigenvalue weighted by molar-refractivity contribution is -0.384. The molecule has 1 saturated heterocycles. The van der Waals surface area contributed by atoms with Crippen LogP contribution < -0.4 is 5.32 Å². The molecule has 0 bridgehead atoms. The number of anilines is 1. The van der Waals surface area contributed by atoms with Crippen LogP contribution in [0.15, 0.2) is 18.3 Å². The van der Waals surface area contributed by atoms with Crippen LogP contribution in [0.5, 0.6) is 0 Å². The van der Waals surface area contributed by atoms with Crippen molar-refractivity contribution in [2.75, 3.05) is 25.1 Å². The predicted molar refractivity (Wildman–Crippen MR) is 62.9 cm³/mol. The van der Waals surface area contributed by atoms with Crippen molar-refractivity contribution in [1.82, 2.24) is 4.98 Å². The van der Waals surface area contributed by atoms with Crippen molar-refractivity contribution in [3.8, 4) is 0 Å². The van der Waals surface area contributed by atoms with Crippen LogP contribution in [0.4, 0.5) is 11.5 Å². The molecule has 6 heteroatoms. The molecule has 0 aliphatic carbocycles. The quantitative estimate of drug-likeness (QED) is 0.638. The second-order valence-electron chi connectivity index (χ2n) is 4.06. The average molecular weight is 237 g/mol. The van der Waals surface area contributed by atoms with Gasteiger partial charge in [-0.2, -0.15) is 0 Å². The maximum Gasteiger partial charge on any atom is 0.311 e. The molecule has 0 amide bonds. The van der Waals surface area contributed by atoms with Crippen LogP contribution in [0.3, 0.4) is 0 Å². The monoisotopic (exact) mass is 237 g/mol. The molecule has 0 spiro atoms. The molecule has 0 unspecified atom stereocenters. The number of rotatable bonds is 4. The molecule has 1 aliphatic rings. The van der Waals surface area contributed by atoms with Crippen LogP contribution in [0.25, 0.3) is 0 Å². The molecule has 92 valence electrons. The van der Waals surface area contributed by atoms with E-state index in [1.54, 1.807) is 12.3 Å². The van der Waals surface area contributed by atoms with Gasteiger partial charge in [-0.1, -0.05) is 0 Å². The van der Waals surface area contributed by atoms with E-state index >= 15 is 0 Å². The number of nitrogens with zero attached hydrogens (tertiary/aromatic N) is 2. The Morgan fingerprint density at radius 3 is 3.00 bits per heavy atom. The highest BCUT2D eigenvalue weighted by Crippen LogP contribution is 2.22. The largest absolute Gasteiger partial charge is 0.381 e. The van der Waals surface area contributed by atoms with Gasteiger partial charge in [0, 0.05) is 32.0 Å².